The smallest absolute Gasteiger partial charge is 0.242 e. The van der Waals surface area contributed by atoms with Gasteiger partial charge in [-0.15, -0.1) is 0 Å². The number of likely N-dealkylation sites (N-methyl/N-ethyl adjacent to an activating group) is 1. The lowest BCUT2D eigenvalue weighted by Gasteiger charge is -2.36. The number of anilines is 1. The molecule has 1 aliphatic carbocycles. The van der Waals surface area contributed by atoms with Crippen LogP contribution in [0.4, 0.5) is 10.1 Å². The van der Waals surface area contributed by atoms with Crippen LogP contribution in [0, 0.1) is 11.7 Å². The van der Waals surface area contributed by atoms with Crippen molar-refractivity contribution in [3.8, 4) is 5.75 Å². The van der Waals surface area contributed by atoms with Gasteiger partial charge < -0.3 is 15.0 Å². The van der Waals surface area contributed by atoms with Gasteiger partial charge in [0.25, 0.3) is 0 Å². The van der Waals surface area contributed by atoms with Gasteiger partial charge in [-0.1, -0.05) is 24.3 Å². The van der Waals surface area contributed by atoms with Crippen molar-refractivity contribution >= 4 is 27.5 Å². The van der Waals surface area contributed by atoms with Crippen molar-refractivity contribution in [3.63, 3.8) is 0 Å². The molecule has 1 aliphatic heterocycles. The second-order valence-corrected chi connectivity index (χ2v) is 9.62. The summed E-state index contributed by atoms with van der Waals surface area (Å²) in [5.41, 5.74) is 2.86. The van der Waals surface area contributed by atoms with E-state index >= 15 is 0 Å². The maximum Gasteiger partial charge on any atom is 0.242 e. The van der Waals surface area contributed by atoms with Gasteiger partial charge >= 0.3 is 0 Å². The van der Waals surface area contributed by atoms with Gasteiger partial charge in [0, 0.05) is 25.7 Å². The lowest BCUT2D eigenvalue weighted by atomic mass is 9.93. The van der Waals surface area contributed by atoms with E-state index in [1.165, 1.54) is 30.0 Å². The molecule has 2 aliphatic rings. The normalized spacial score (nSPS) is 18.7. The molecule has 1 amide bonds. The van der Waals surface area contributed by atoms with Crippen LogP contribution >= 0.6 is 15.9 Å². The minimum atomic E-state index is -0.431. The van der Waals surface area contributed by atoms with Gasteiger partial charge in [-0.3, -0.25) is 9.69 Å². The third kappa shape index (κ3) is 5.64. The predicted molar refractivity (Wildman–Crippen MR) is 124 cm³/mol. The van der Waals surface area contributed by atoms with Crippen molar-refractivity contribution < 1.29 is 13.9 Å². The number of nitrogens with zero attached hydrogens (tertiary/aromatic N) is 2. The Morgan fingerprint density at radius 2 is 2.00 bits per heavy atom. The quantitative estimate of drug-likeness (QED) is 0.600. The third-order valence-corrected chi connectivity index (χ3v) is 6.52. The van der Waals surface area contributed by atoms with Gasteiger partial charge in [-0.25, -0.2) is 4.39 Å². The summed E-state index contributed by atoms with van der Waals surface area (Å²) in [7, 11) is 3.92. The Bertz CT molecular complexity index is 948. The molecular formula is C24H29BrFN3O2. The summed E-state index contributed by atoms with van der Waals surface area (Å²) in [4.78, 5) is 17.7. The zero-order valence-electron chi connectivity index (χ0n) is 18.0. The fourth-order valence-electron chi connectivity index (χ4n) is 3.96. The van der Waals surface area contributed by atoms with Gasteiger partial charge in [-0.2, -0.15) is 0 Å². The molecule has 2 aromatic carbocycles. The Morgan fingerprint density at radius 3 is 2.71 bits per heavy atom. The van der Waals surface area contributed by atoms with E-state index in [4.69, 9.17) is 4.74 Å². The number of hydrogen-bond donors (Lipinski definition) is 1. The van der Waals surface area contributed by atoms with Crippen molar-refractivity contribution in [1.29, 1.82) is 0 Å². The van der Waals surface area contributed by atoms with Gasteiger partial charge in [0.2, 0.25) is 5.91 Å². The molecule has 0 spiro atoms. The maximum atomic E-state index is 14.3. The predicted octanol–water partition coefficient (Wildman–Crippen LogP) is 4.30. The van der Waals surface area contributed by atoms with Crippen LogP contribution in [0.1, 0.15) is 24.0 Å². The summed E-state index contributed by atoms with van der Waals surface area (Å²) in [5.74, 6) is 0.595. The van der Waals surface area contributed by atoms with Gasteiger partial charge in [0.05, 0.1) is 16.2 Å². The Labute approximate surface area is 191 Å². The van der Waals surface area contributed by atoms with E-state index in [-0.39, 0.29) is 11.9 Å². The number of benzene rings is 2. The molecule has 7 heteroatoms. The standard InChI is InChI=1S/C24H29BrFN3O2/c1-28(2)9-10-31-23-12-19(25)20(26)13-21(23)27-24(30)22-11-17-5-3-4-6-18(17)15-29(22)14-16-7-8-16/h3-6,12-13,16,22H,7-11,14-15H2,1-2H3,(H,27,30)/t22-/m1/s1. The molecule has 1 N–H and O–H groups in total. The molecule has 1 atom stereocenters. The van der Waals surface area contributed by atoms with Crippen molar-refractivity contribution in [3.05, 3.63) is 57.8 Å². The second-order valence-electron chi connectivity index (χ2n) is 8.76. The molecular weight excluding hydrogens is 461 g/mol. The average Bonchev–Trinajstić information content (AvgIpc) is 3.54. The van der Waals surface area contributed by atoms with Crippen molar-refractivity contribution in [2.75, 3.05) is 39.1 Å². The molecule has 2 aromatic rings. The van der Waals surface area contributed by atoms with Crippen LogP contribution in [0.25, 0.3) is 0 Å². The Hall–Kier alpha value is -1.96. The first kappa shape index (κ1) is 22.2. The number of ether oxygens (including phenoxy) is 1. The molecule has 0 saturated heterocycles. The molecule has 0 unspecified atom stereocenters. The summed E-state index contributed by atoms with van der Waals surface area (Å²) in [5, 5.41) is 2.96. The minimum Gasteiger partial charge on any atom is -0.490 e. The molecule has 0 aromatic heterocycles. The van der Waals surface area contributed by atoms with E-state index in [0.29, 0.717) is 34.9 Å². The van der Waals surface area contributed by atoms with Crippen LogP contribution in [-0.4, -0.2) is 55.5 Å². The number of nitrogens with one attached hydrogen (secondary N) is 1. The maximum absolute atomic E-state index is 14.3. The lowest BCUT2D eigenvalue weighted by Crippen LogP contribution is -2.48. The van der Waals surface area contributed by atoms with Crippen molar-refractivity contribution in [2.24, 2.45) is 5.92 Å². The highest BCUT2D eigenvalue weighted by atomic mass is 79.9. The van der Waals surface area contributed by atoms with Crippen LogP contribution < -0.4 is 10.1 Å². The molecule has 4 rings (SSSR count). The van der Waals surface area contributed by atoms with E-state index < -0.39 is 5.82 Å². The summed E-state index contributed by atoms with van der Waals surface area (Å²) in [6, 6.07) is 10.9. The first-order valence-electron chi connectivity index (χ1n) is 10.8. The first-order valence-corrected chi connectivity index (χ1v) is 11.6. The zero-order valence-corrected chi connectivity index (χ0v) is 19.6. The summed E-state index contributed by atoms with van der Waals surface area (Å²) in [6.07, 6.45) is 3.12. The molecule has 1 heterocycles. The number of carbonyl (C=O) groups is 1. The number of halogens is 2. The number of carbonyl (C=O) groups excluding carboxylic acids is 1. The number of rotatable bonds is 8. The van der Waals surface area contributed by atoms with Gasteiger partial charge in [0.15, 0.2) is 0 Å². The Morgan fingerprint density at radius 1 is 1.26 bits per heavy atom. The molecule has 0 radical (unpaired) electrons. The number of hydrogen-bond acceptors (Lipinski definition) is 4. The highest BCUT2D eigenvalue weighted by Gasteiger charge is 2.35. The van der Waals surface area contributed by atoms with Crippen LogP contribution in [0.5, 0.6) is 5.75 Å². The van der Waals surface area contributed by atoms with Crippen LogP contribution in [-0.2, 0) is 17.8 Å². The largest absolute Gasteiger partial charge is 0.490 e. The van der Waals surface area contributed by atoms with E-state index in [1.54, 1.807) is 6.07 Å². The van der Waals surface area contributed by atoms with E-state index in [1.807, 2.05) is 25.1 Å². The molecule has 1 fully saturated rings. The lowest BCUT2D eigenvalue weighted by molar-refractivity contribution is -0.122. The van der Waals surface area contributed by atoms with Gasteiger partial charge in [0.1, 0.15) is 18.2 Å². The topological polar surface area (TPSA) is 44.8 Å². The minimum absolute atomic E-state index is 0.116. The van der Waals surface area contributed by atoms with E-state index in [2.05, 4.69) is 44.3 Å². The number of amides is 1. The zero-order chi connectivity index (χ0) is 22.0. The van der Waals surface area contributed by atoms with Crippen molar-refractivity contribution in [2.45, 2.75) is 31.8 Å². The average molecular weight is 490 g/mol. The van der Waals surface area contributed by atoms with Crippen molar-refractivity contribution in [1.82, 2.24) is 9.80 Å². The third-order valence-electron chi connectivity index (χ3n) is 5.91. The van der Waals surface area contributed by atoms with Crippen LogP contribution in [0.2, 0.25) is 0 Å². The van der Waals surface area contributed by atoms with Crippen LogP contribution in [0.15, 0.2) is 40.9 Å². The first-order chi connectivity index (χ1) is 14.9. The summed E-state index contributed by atoms with van der Waals surface area (Å²) in [6.45, 7) is 2.86. The highest BCUT2D eigenvalue weighted by molar-refractivity contribution is 9.10. The molecule has 166 valence electrons. The Kier molecular flexibility index (Phi) is 6.94. The molecule has 0 bridgehead atoms. The van der Waals surface area contributed by atoms with E-state index in [9.17, 15) is 9.18 Å². The van der Waals surface area contributed by atoms with E-state index in [0.717, 1.165) is 19.6 Å². The molecule has 31 heavy (non-hydrogen) atoms. The fraction of sp³-hybridized carbons (Fsp3) is 0.458. The van der Waals surface area contributed by atoms with Crippen LogP contribution in [0.3, 0.4) is 0 Å². The fourth-order valence-corrected chi connectivity index (χ4v) is 4.28. The number of fused-ring (bicyclic) bond motifs is 1. The SMILES string of the molecule is CN(C)CCOc1cc(Br)c(F)cc1NC(=O)[C@H]1Cc2ccccc2CN1CC1CC1. The monoisotopic (exact) mass is 489 g/mol. The van der Waals surface area contributed by atoms with Gasteiger partial charge in [-0.05, 0) is 72.4 Å². The second kappa shape index (κ2) is 9.67. The summed E-state index contributed by atoms with van der Waals surface area (Å²) >= 11 is 3.22. The Balaban J connectivity index is 1.53. The molecule has 5 nitrogen and oxygen atoms in total. The summed E-state index contributed by atoms with van der Waals surface area (Å²) < 4.78 is 20.5. The highest BCUT2D eigenvalue weighted by Crippen LogP contribution is 2.35. The molecule has 1 saturated carbocycles.